The summed E-state index contributed by atoms with van der Waals surface area (Å²) in [5.74, 6) is -0.986. The Balaban J connectivity index is 1.56. The minimum Gasteiger partial charge on any atom is -0.504 e. The minimum absolute atomic E-state index is 0.124. The second-order valence-corrected chi connectivity index (χ2v) is 7.86. The lowest BCUT2D eigenvalue weighted by atomic mass is 10.1. The van der Waals surface area contributed by atoms with Crippen LogP contribution in [0.1, 0.15) is 13.8 Å². The quantitative estimate of drug-likeness (QED) is 0.551. The first-order valence-electron chi connectivity index (χ1n) is 9.79. The third kappa shape index (κ3) is 3.04. The molecule has 0 saturated carbocycles. The van der Waals surface area contributed by atoms with Gasteiger partial charge in [0.25, 0.3) is 0 Å². The molecular formula is C22H21FN6O. The van der Waals surface area contributed by atoms with Gasteiger partial charge in [0.1, 0.15) is 5.52 Å². The average molecular weight is 404 g/mol. The Hall–Kier alpha value is -3.55. The van der Waals surface area contributed by atoms with Gasteiger partial charge in [-0.3, -0.25) is 9.67 Å². The summed E-state index contributed by atoms with van der Waals surface area (Å²) in [6.07, 6.45) is 3.40. The maximum absolute atomic E-state index is 14.6. The highest BCUT2D eigenvalue weighted by molar-refractivity contribution is 5.91. The Labute approximate surface area is 172 Å². The number of phenolic OH excluding ortho intramolecular Hbond substituents is 1. The minimum atomic E-state index is -0.765. The fourth-order valence-corrected chi connectivity index (χ4v) is 4.07. The molecule has 1 N–H and O–H groups in total. The van der Waals surface area contributed by atoms with Gasteiger partial charge in [-0.05, 0) is 38.1 Å². The van der Waals surface area contributed by atoms with Crippen LogP contribution < -0.4 is 4.90 Å². The van der Waals surface area contributed by atoms with Gasteiger partial charge in [0.15, 0.2) is 17.4 Å². The first kappa shape index (κ1) is 18.5. The van der Waals surface area contributed by atoms with Crippen molar-refractivity contribution in [1.29, 1.82) is 0 Å². The maximum atomic E-state index is 14.6. The third-order valence-corrected chi connectivity index (χ3v) is 5.34. The molecule has 1 atom stereocenters. The summed E-state index contributed by atoms with van der Waals surface area (Å²) in [4.78, 5) is 15.9. The van der Waals surface area contributed by atoms with E-state index in [9.17, 15) is 9.50 Å². The molecule has 0 fully saturated rings. The molecule has 7 nitrogen and oxygen atoms in total. The van der Waals surface area contributed by atoms with Crippen LogP contribution in [0.4, 0.5) is 10.1 Å². The molecule has 152 valence electrons. The molecule has 1 aliphatic rings. The van der Waals surface area contributed by atoms with Gasteiger partial charge in [-0.1, -0.05) is 0 Å². The third-order valence-electron chi connectivity index (χ3n) is 5.34. The number of benzene rings is 2. The number of fused-ring (bicyclic) bond motifs is 2. The van der Waals surface area contributed by atoms with Crippen LogP contribution in [0.25, 0.3) is 33.2 Å². The van der Waals surface area contributed by atoms with Crippen LogP contribution in [0.15, 0.2) is 41.7 Å². The number of anilines is 1. The van der Waals surface area contributed by atoms with Gasteiger partial charge in [-0.15, -0.1) is 0 Å². The summed E-state index contributed by atoms with van der Waals surface area (Å²) < 4.78 is 16.1. The molecule has 30 heavy (non-hydrogen) atoms. The smallest absolute Gasteiger partial charge is 0.193 e. The summed E-state index contributed by atoms with van der Waals surface area (Å²) in [6.45, 7) is 5.81. The highest BCUT2D eigenvalue weighted by Crippen LogP contribution is 2.35. The van der Waals surface area contributed by atoms with E-state index in [1.54, 1.807) is 25.5 Å². The number of aromatic nitrogens is 4. The predicted molar refractivity (Wildman–Crippen MR) is 116 cm³/mol. The van der Waals surface area contributed by atoms with Gasteiger partial charge in [-0.25, -0.2) is 14.4 Å². The number of phenols is 1. The Bertz CT molecular complexity index is 1330. The van der Waals surface area contributed by atoms with Crippen LogP contribution in [0.3, 0.4) is 0 Å². The second-order valence-electron chi connectivity index (χ2n) is 7.86. The van der Waals surface area contributed by atoms with Gasteiger partial charge in [-0.2, -0.15) is 5.10 Å². The van der Waals surface area contributed by atoms with Crippen LogP contribution >= 0.6 is 0 Å². The van der Waals surface area contributed by atoms with Crippen LogP contribution in [0, 0.1) is 5.82 Å². The van der Waals surface area contributed by atoms with Crippen molar-refractivity contribution in [2.24, 2.45) is 12.0 Å². The zero-order valence-electron chi connectivity index (χ0n) is 17.0. The highest BCUT2D eigenvalue weighted by atomic mass is 19.1. The normalized spacial score (nSPS) is 17.0. The Morgan fingerprint density at radius 2 is 2.03 bits per heavy atom. The van der Waals surface area contributed by atoms with E-state index in [2.05, 4.69) is 37.9 Å². The molecule has 0 radical (unpaired) electrons. The van der Waals surface area contributed by atoms with Crippen molar-refractivity contribution in [2.75, 3.05) is 18.0 Å². The van der Waals surface area contributed by atoms with E-state index in [4.69, 9.17) is 0 Å². The number of rotatable bonds is 2. The summed E-state index contributed by atoms with van der Waals surface area (Å²) in [6, 6.07) is 7.92. The van der Waals surface area contributed by atoms with E-state index in [-0.39, 0.29) is 22.9 Å². The predicted octanol–water partition coefficient (Wildman–Crippen LogP) is 3.70. The molecule has 4 aromatic rings. The van der Waals surface area contributed by atoms with E-state index >= 15 is 0 Å². The zero-order chi connectivity index (χ0) is 21.0. The molecule has 0 aliphatic carbocycles. The van der Waals surface area contributed by atoms with E-state index < -0.39 is 11.6 Å². The Morgan fingerprint density at radius 3 is 2.83 bits per heavy atom. The van der Waals surface area contributed by atoms with Crippen molar-refractivity contribution in [3.63, 3.8) is 0 Å². The molecule has 0 saturated heterocycles. The van der Waals surface area contributed by atoms with Gasteiger partial charge in [0.2, 0.25) is 0 Å². The molecule has 1 aliphatic heterocycles. The average Bonchev–Trinajstić information content (AvgIpc) is 3.10. The van der Waals surface area contributed by atoms with Crippen molar-refractivity contribution in [1.82, 2.24) is 19.7 Å². The van der Waals surface area contributed by atoms with E-state index in [1.165, 1.54) is 4.68 Å². The summed E-state index contributed by atoms with van der Waals surface area (Å²) in [7, 11) is 1.71. The van der Waals surface area contributed by atoms with Crippen LogP contribution in [0.2, 0.25) is 0 Å². The van der Waals surface area contributed by atoms with Gasteiger partial charge in [0, 0.05) is 48.2 Å². The lowest BCUT2D eigenvalue weighted by Gasteiger charge is -2.31. The van der Waals surface area contributed by atoms with E-state index in [0.717, 1.165) is 35.4 Å². The Morgan fingerprint density at radius 1 is 1.20 bits per heavy atom. The van der Waals surface area contributed by atoms with Crippen molar-refractivity contribution in [2.45, 2.75) is 19.9 Å². The molecule has 8 heteroatoms. The van der Waals surface area contributed by atoms with Crippen molar-refractivity contribution >= 4 is 33.2 Å². The molecule has 2 aromatic heterocycles. The van der Waals surface area contributed by atoms with Crippen molar-refractivity contribution < 1.29 is 9.50 Å². The summed E-state index contributed by atoms with van der Waals surface area (Å²) in [5.41, 5.74) is 3.30. The molecular weight excluding hydrogens is 383 g/mol. The fourth-order valence-electron chi connectivity index (χ4n) is 4.07. The number of halogens is 1. The van der Waals surface area contributed by atoms with E-state index in [0.29, 0.717) is 5.39 Å². The largest absolute Gasteiger partial charge is 0.504 e. The molecule has 2 aromatic carbocycles. The molecule has 0 unspecified atom stereocenters. The molecule has 0 amide bonds. The standard InChI is InChI=1S/C22H21FN6O/c1-12-9-29(10-13(2)25-12)16-4-5-18-14(6-16)8-24-22(26-18)17-7-15-11-28(3)27-20(15)19(23)21(17)30/h4-8,11-12,30H,9-10H2,1-3H3/t12-/m0/s1. The maximum Gasteiger partial charge on any atom is 0.193 e. The van der Waals surface area contributed by atoms with Crippen LogP contribution in [0.5, 0.6) is 5.75 Å². The number of hydrogen-bond acceptors (Lipinski definition) is 6. The molecule has 5 rings (SSSR count). The number of hydrogen-bond donors (Lipinski definition) is 1. The second kappa shape index (κ2) is 6.76. The van der Waals surface area contributed by atoms with Crippen molar-refractivity contribution in [3.05, 3.63) is 42.5 Å². The SMILES string of the molecule is CC1=N[C@@H](C)CN(c2ccc3nc(-c4cc5cn(C)nc5c(F)c4O)ncc3c2)C1. The number of nitrogens with zero attached hydrogens (tertiary/aromatic N) is 6. The molecule has 0 spiro atoms. The number of aryl methyl sites for hydroxylation is 1. The lowest BCUT2D eigenvalue weighted by Crippen LogP contribution is -2.39. The fraction of sp³-hybridized carbons (Fsp3) is 0.273. The van der Waals surface area contributed by atoms with Crippen LogP contribution in [-0.2, 0) is 7.05 Å². The number of aromatic hydroxyl groups is 1. The first-order chi connectivity index (χ1) is 14.4. The molecule has 0 bridgehead atoms. The summed E-state index contributed by atoms with van der Waals surface area (Å²) >= 11 is 0. The summed E-state index contributed by atoms with van der Waals surface area (Å²) in [5, 5.41) is 15.9. The van der Waals surface area contributed by atoms with Gasteiger partial charge >= 0.3 is 0 Å². The zero-order valence-corrected chi connectivity index (χ0v) is 17.0. The van der Waals surface area contributed by atoms with Gasteiger partial charge < -0.3 is 10.0 Å². The number of aliphatic imine (C=N–C) groups is 1. The first-order valence-corrected chi connectivity index (χ1v) is 9.79. The highest BCUT2D eigenvalue weighted by Gasteiger charge is 2.20. The van der Waals surface area contributed by atoms with Crippen molar-refractivity contribution in [3.8, 4) is 17.1 Å². The Kier molecular flexibility index (Phi) is 4.16. The molecule has 3 heterocycles. The van der Waals surface area contributed by atoms with Crippen LogP contribution in [-0.4, -0.2) is 49.7 Å². The van der Waals surface area contributed by atoms with Gasteiger partial charge in [0.05, 0.1) is 23.7 Å². The lowest BCUT2D eigenvalue weighted by molar-refractivity contribution is 0.437. The topological polar surface area (TPSA) is 79.4 Å². The monoisotopic (exact) mass is 404 g/mol. The van der Waals surface area contributed by atoms with E-state index in [1.807, 2.05) is 19.1 Å².